The van der Waals surface area contributed by atoms with Gasteiger partial charge in [0.2, 0.25) is 5.90 Å². The summed E-state index contributed by atoms with van der Waals surface area (Å²) < 4.78 is 11.5. The second-order valence-corrected chi connectivity index (χ2v) is 7.19. The first kappa shape index (κ1) is 22.5. The van der Waals surface area contributed by atoms with Gasteiger partial charge in [0.1, 0.15) is 12.4 Å². The highest BCUT2D eigenvalue weighted by atomic mass is 35.5. The van der Waals surface area contributed by atoms with E-state index >= 15 is 0 Å². The molecule has 1 aliphatic heterocycles. The standard InChI is InChI=1S/C21H25ClN6O3/c1-3-20(26-25-17-11-12-30-19-10-5-4-7-14(17)19)31-13-15-16(22)8-6-9-18(15)28(24)21(29)27(2)23/h4-10H,3,11-13,23-24H2,1-2H3/b25-17?,26-20+. The lowest BCUT2D eigenvalue weighted by Gasteiger charge is -2.23. The fourth-order valence-electron chi connectivity index (χ4n) is 2.99. The molecule has 0 aliphatic carbocycles. The number of hydrazine groups is 2. The van der Waals surface area contributed by atoms with E-state index in [-0.39, 0.29) is 6.61 Å². The first-order valence-electron chi connectivity index (χ1n) is 9.75. The Labute approximate surface area is 185 Å². The fourth-order valence-corrected chi connectivity index (χ4v) is 3.21. The quantitative estimate of drug-likeness (QED) is 0.240. The summed E-state index contributed by atoms with van der Waals surface area (Å²) in [5.74, 6) is 12.7. The molecule has 0 aromatic heterocycles. The van der Waals surface area contributed by atoms with Crippen LogP contribution in [0.2, 0.25) is 5.02 Å². The Kier molecular flexibility index (Phi) is 7.45. The first-order chi connectivity index (χ1) is 14.9. The molecule has 0 spiro atoms. The van der Waals surface area contributed by atoms with Crippen LogP contribution in [0.15, 0.2) is 52.7 Å². The fraction of sp³-hybridized carbons (Fsp3) is 0.286. The van der Waals surface area contributed by atoms with Gasteiger partial charge in [-0.1, -0.05) is 36.7 Å². The number of nitrogens with zero attached hydrogens (tertiary/aromatic N) is 4. The number of carbonyl (C=O) groups excluding carboxylic acids is 1. The van der Waals surface area contributed by atoms with Crippen molar-refractivity contribution in [2.45, 2.75) is 26.4 Å². The highest BCUT2D eigenvalue weighted by Gasteiger charge is 2.20. The second-order valence-electron chi connectivity index (χ2n) is 6.78. The number of rotatable bonds is 5. The number of nitrogens with two attached hydrogens (primary N) is 2. The zero-order valence-corrected chi connectivity index (χ0v) is 18.2. The molecule has 0 atom stereocenters. The van der Waals surface area contributed by atoms with Crippen molar-refractivity contribution in [3.8, 4) is 5.75 Å². The van der Waals surface area contributed by atoms with Gasteiger partial charge < -0.3 is 9.47 Å². The Morgan fingerprint density at radius 1 is 1.23 bits per heavy atom. The molecule has 0 radical (unpaired) electrons. The van der Waals surface area contributed by atoms with Gasteiger partial charge >= 0.3 is 6.03 Å². The number of urea groups is 1. The summed E-state index contributed by atoms with van der Waals surface area (Å²) in [5.41, 5.74) is 2.67. The van der Waals surface area contributed by atoms with Crippen LogP contribution in [0.5, 0.6) is 5.75 Å². The summed E-state index contributed by atoms with van der Waals surface area (Å²) in [7, 11) is 1.40. The highest BCUT2D eigenvalue weighted by molar-refractivity contribution is 6.31. The van der Waals surface area contributed by atoms with Crippen molar-refractivity contribution in [3.05, 3.63) is 58.6 Å². The van der Waals surface area contributed by atoms with Crippen molar-refractivity contribution in [1.29, 1.82) is 0 Å². The third-order valence-electron chi connectivity index (χ3n) is 4.62. The molecule has 164 valence electrons. The lowest BCUT2D eigenvalue weighted by molar-refractivity contribution is 0.216. The number of anilines is 1. The van der Waals surface area contributed by atoms with E-state index in [0.717, 1.165) is 27.0 Å². The van der Waals surface area contributed by atoms with Crippen LogP contribution in [0, 0.1) is 0 Å². The van der Waals surface area contributed by atoms with E-state index in [1.807, 2.05) is 31.2 Å². The third kappa shape index (κ3) is 5.32. The number of ether oxygens (including phenoxy) is 2. The zero-order chi connectivity index (χ0) is 22.4. The smallest absolute Gasteiger partial charge is 0.352 e. The largest absolute Gasteiger partial charge is 0.492 e. The van der Waals surface area contributed by atoms with Gasteiger partial charge in [-0.05, 0) is 24.3 Å². The van der Waals surface area contributed by atoms with Crippen LogP contribution in [0.1, 0.15) is 30.9 Å². The number of carbonyl (C=O) groups is 1. The Morgan fingerprint density at radius 2 is 2.00 bits per heavy atom. The predicted molar refractivity (Wildman–Crippen MR) is 121 cm³/mol. The van der Waals surface area contributed by atoms with Crippen LogP contribution in [-0.4, -0.2) is 36.3 Å². The van der Waals surface area contributed by atoms with E-state index in [9.17, 15) is 4.79 Å². The number of fused-ring (bicyclic) bond motifs is 1. The Balaban J connectivity index is 1.80. The molecular weight excluding hydrogens is 420 g/mol. The molecular formula is C21H25ClN6O3. The molecule has 4 N–H and O–H groups in total. The van der Waals surface area contributed by atoms with Crippen molar-refractivity contribution in [3.63, 3.8) is 0 Å². The van der Waals surface area contributed by atoms with E-state index in [1.54, 1.807) is 18.2 Å². The van der Waals surface area contributed by atoms with Crippen LogP contribution in [0.25, 0.3) is 0 Å². The highest BCUT2D eigenvalue weighted by Crippen LogP contribution is 2.28. The minimum Gasteiger partial charge on any atom is -0.492 e. The number of hydrogen-bond acceptors (Lipinski definition) is 7. The van der Waals surface area contributed by atoms with Crippen LogP contribution in [0.3, 0.4) is 0 Å². The molecule has 3 rings (SSSR count). The number of para-hydroxylation sites is 1. The molecule has 0 unspecified atom stereocenters. The van der Waals surface area contributed by atoms with Gasteiger partial charge in [0.25, 0.3) is 0 Å². The maximum Gasteiger partial charge on any atom is 0.352 e. The number of benzene rings is 2. The van der Waals surface area contributed by atoms with Crippen LogP contribution < -0.4 is 21.4 Å². The summed E-state index contributed by atoms with van der Waals surface area (Å²) in [6.07, 6.45) is 1.18. The van der Waals surface area contributed by atoms with Crippen LogP contribution >= 0.6 is 11.6 Å². The molecule has 9 nitrogen and oxygen atoms in total. The number of amides is 2. The maximum absolute atomic E-state index is 12.1. The summed E-state index contributed by atoms with van der Waals surface area (Å²) >= 11 is 6.34. The normalized spacial score (nSPS) is 14.6. The summed E-state index contributed by atoms with van der Waals surface area (Å²) in [6.45, 7) is 2.51. The maximum atomic E-state index is 12.1. The minimum atomic E-state index is -0.600. The zero-order valence-electron chi connectivity index (χ0n) is 17.4. The Hall–Kier alpha value is -3.14. The van der Waals surface area contributed by atoms with E-state index in [0.29, 0.717) is 41.6 Å². The van der Waals surface area contributed by atoms with Crippen molar-refractivity contribution >= 4 is 34.9 Å². The lowest BCUT2D eigenvalue weighted by Crippen LogP contribution is -2.49. The monoisotopic (exact) mass is 444 g/mol. The van der Waals surface area contributed by atoms with Crippen LogP contribution in [0.4, 0.5) is 10.5 Å². The molecule has 2 aromatic rings. The van der Waals surface area contributed by atoms with E-state index in [1.165, 1.54) is 7.05 Å². The van der Waals surface area contributed by atoms with Gasteiger partial charge in [-0.3, -0.25) is 5.01 Å². The van der Waals surface area contributed by atoms with Crippen molar-refractivity contribution in [2.75, 3.05) is 18.7 Å². The first-order valence-corrected chi connectivity index (χ1v) is 10.1. The second kappa shape index (κ2) is 10.3. The molecule has 0 fully saturated rings. The van der Waals surface area contributed by atoms with Gasteiger partial charge in [-0.2, -0.15) is 5.10 Å². The third-order valence-corrected chi connectivity index (χ3v) is 4.98. The number of hydrogen-bond donors (Lipinski definition) is 2. The molecule has 0 saturated carbocycles. The van der Waals surface area contributed by atoms with E-state index in [4.69, 9.17) is 32.8 Å². The minimum absolute atomic E-state index is 0.0570. The Bertz CT molecular complexity index is 1010. The average Bonchev–Trinajstić information content (AvgIpc) is 2.78. The van der Waals surface area contributed by atoms with Gasteiger partial charge in [0.15, 0.2) is 0 Å². The van der Waals surface area contributed by atoms with Gasteiger partial charge in [0.05, 0.1) is 18.0 Å². The van der Waals surface area contributed by atoms with Gasteiger partial charge in [-0.15, -0.1) is 5.10 Å². The van der Waals surface area contributed by atoms with Gasteiger partial charge in [-0.25, -0.2) is 21.5 Å². The summed E-state index contributed by atoms with van der Waals surface area (Å²) in [4.78, 5) is 12.1. The van der Waals surface area contributed by atoms with Crippen LogP contribution in [-0.2, 0) is 11.3 Å². The predicted octanol–water partition coefficient (Wildman–Crippen LogP) is 3.46. The van der Waals surface area contributed by atoms with Crippen molar-refractivity contribution in [2.24, 2.45) is 21.9 Å². The molecule has 1 aliphatic rings. The summed E-state index contributed by atoms with van der Waals surface area (Å²) in [5, 5.41) is 10.9. The van der Waals surface area contributed by atoms with Gasteiger partial charge in [0, 0.05) is 36.0 Å². The topological polar surface area (TPSA) is 119 Å². The molecule has 1 heterocycles. The molecule has 31 heavy (non-hydrogen) atoms. The SMILES string of the molecule is CC/C(=N\N=C1CCOc2ccccc21)OCc1c(Cl)cccc1N(N)C(=O)N(C)N. The van der Waals surface area contributed by atoms with Crippen molar-refractivity contribution < 1.29 is 14.3 Å². The lowest BCUT2D eigenvalue weighted by atomic mass is 10.0. The van der Waals surface area contributed by atoms with E-state index < -0.39 is 6.03 Å². The molecule has 2 aromatic carbocycles. The summed E-state index contributed by atoms with van der Waals surface area (Å²) in [6, 6.07) is 12.1. The molecule has 10 heteroatoms. The Morgan fingerprint density at radius 3 is 2.74 bits per heavy atom. The van der Waals surface area contributed by atoms with Crippen molar-refractivity contribution in [1.82, 2.24) is 5.01 Å². The molecule has 0 bridgehead atoms. The number of halogens is 1. The molecule has 0 saturated heterocycles. The van der Waals surface area contributed by atoms with E-state index in [2.05, 4.69) is 10.2 Å². The average molecular weight is 445 g/mol. The molecule has 2 amide bonds.